The van der Waals surface area contributed by atoms with Gasteiger partial charge < -0.3 is 9.84 Å². The van der Waals surface area contributed by atoms with E-state index in [4.69, 9.17) is 10.00 Å². The minimum Gasteiger partial charge on any atom is -0.491 e. The molecular weight excluding hydrogens is 266 g/mol. The van der Waals surface area contributed by atoms with Gasteiger partial charge in [0.05, 0.1) is 11.7 Å². The molecule has 0 aromatic heterocycles. The highest BCUT2D eigenvalue weighted by Crippen LogP contribution is 2.16. The van der Waals surface area contributed by atoms with Crippen molar-refractivity contribution in [2.45, 2.75) is 13.0 Å². The Bertz CT molecular complexity index is 477. The molecule has 0 spiro atoms. The van der Waals surface area contributed by atoms with Gasteiger partial charge in [0, 0.05) is 39.3 Å². The van der Waals surface area contributed by atoms with Crippen LogP contribution >= 0.6 is 0 Å². The fourth-order valence-corrected chi connectivity index (χ4v) is 2.54. The van der Waals surface area contributed by atoms with E-state index in [9.17, 15) is 5.11 Å². The van der Waals surface area contributed by atoms with E-state index in [1.165, 1.54) is 0 Å². The van der Waals surface area contributed by atoms with Gasteiger partial charge in [-0.2, -0.15) is 5.26 Å². The second-order valence-corrected chi connectivity index (χ2v) is 5.45. The zero-order chi connectivity index (χ0) is 15.1. The van der Waals surface area contributed by atoms with Gasteiger partial charge in [-0.15, -0.1) is 0 Å². The molecular formula is C16H23N3O2. The van der Waals surface area contributed by atoms with Crippen LogP contribution in [0.15, 0.2) is 24.3 Å². The van der Waals surface area contributed by atoms with Crippen molar-refractivity contribution in [3.63, 3.8) is 0 Å². The maximum atomic E-state index is 9.39. The van der Waals surface area contributed by atoms with Crippen molar-refractivity contribution in [2.24, 2.45) is 0 Å². The molecule has 2 rings (SSSR count). The number of hydrogen-bond acceptors (Lipinski definition) is 5. The predicted octanol–water partition coefficient (Wildman–Crippen LogP) is 0.935. The molecule has 114 valence electrons. The van der Waals surface area contributed by atoms with Crippen LogP contribution in [0.2, 0.25) is 0 Å². The van der Waals surface area contributed by atoms with Crippen molar-refractivity contribution < 1.29 is 9.84 Å². The van der Waals surface area contributed by atoms with Gasteiger partial charge in [0.2, 0.25) is 0 Å². The van der Waals surface area contributed by atoms with Crippen LogP contribution in [0.1, 0.15) is 12.5 Å². The normalized spacial score (nSPS) is 18.1. The summed E-state index contributed by atoms with van der Waals surface area (Å²) in [4.78, 5) is 4.64. The summed E-state index contributed by atoms with van der Waals surface area (Å²) in [6.07, 6.45) is -0.262. The molecule has 0 radical (unpaired) electrons. The zero-order valence-corrected chi connectivity index (χ0v) is 12.5. The molecule has 1 aliphatic heterocycles. The van der Waals surface area contributed by atoms with Gasteiger partial charge in [-0.05, 0) is 19.1 Å². The summed E-state index contributed by atoms with van der Waals surface area (Å²) in [5.41, 5.74) is 0.583. The minimum atomic E-state index is -0.262. The number of benzene rings is 1. The highest BCUT2D eigenvalue weighted by molar-refractivity contribution is 5.42. The first-order chi connectivity index (χ1) is 10.2. The Kier molecular flexibility index (Phi) is 6.00. The lowest BCUT2D eigenvalue weighted by atomic mass is 10.2. The fourth-order valence-electron chi connectivity index (χ4n) is 2.54. The van der Waals surface area contributed by atoms with Gasteiger partial charge in [0.15, 0.2) is 0 Å². The van der Waals surface area contributed by atoms with E-state index >= 15 is 0 Å². The number of hydrogen-bond donors (Lipinski definition) is 1. The first-order valence-electron chi connectivity index (χ1n) is 7.43. The van der Waals surface area contributed by atoms with Gasteiger partial charge in [0.1, 0.15) is 18.4 Å². The molecule has 1 N–H and O–H groups in total. The highest BCUT2D eigenvalue weighted by atomic mass is 16.5. The molecule has 1 aromatic rings. The Morgan fingerprint density at radius 3 is 2.57 bits per heavy atom. The third-order valence-electron chi connectivity index (χ3n) is 3.66. The summed E-state index contributed by atoms with van der Waals surface area (Å²) >= 11 is 0. The number of para-hydroxylation sites is 1. The number of rotatable bonds is 6. The minimum absolute atomic E-state index is 0.262. The van der Waals surface area contributed by atoms with E-state index in [1.807, 2.05) is 25.1 Å². The summed E-state index contributed by atoms with van der Waals surface area (Å²) in [7, 11) is 0. The lowest BCUT2D eigenvalue weighted by Crippen LogP contribution is -2.49. The summed E-state index contributed by atoms with van der Waals surface area (Å²) in [6.45, 7) is 8.00. The molecule has 0 bridgehead atoms. The molecule has 21 heavy (non-hydrogen) atoms. The Balaban J connectivity index is 1.70. The Labute approximate surface area is 126 Å². The molecule has 1 fully saturated rings. The average molecular weight is 289 g/mol. The smallest absolute Gasteiger partial charge is 0.137 e. The number of β-amino-alcohol motifs (C(OH)–C–C–N with tert-alkyl or cyclic N) is 1. The number of aliphatic hydroxyl groups is 1. The Hall–Kier alpha value is -1.61. The van der Waals surface area contributed by atoms with Crippen LogP contribution in [-0.4, -0.2) is 66.9 Å². The van der Waals surface area contributed by atoms with E-state index < -0.39 is 0 Å². The van der Waals surface area contributed by atoms with Gasteiger partial charge in [-0.25, -0.2) is 0 Å². The summed E-state index contributed by atoms with van der Waals surface area (Å²) in [6, 6.07) is 9.46. The topological polar surface area (TPSA) is 59.7 Å². The number of piperazine rings is 1. The van der Waals surface area contributed by atoms with Crippen molar-refractivity contribution in [3.05, 3.63) is 29.8 Å². The Morgan fingerprint density at radius 2 is 1.90 bits per heavy atom. The molecule has 1 aromatic carbocycles. The third kappa shape index (κ3) is 5.01. The third-order valence-corrected chi connectivity index (χ3v) is 3.66. The largest absolute Gasteiger partial charge is 0.491 e. The van der Waals surface area contributed by atoms with Gasteiger partial charge >= 0.3 is 0 Å². The van der Waals surface area contributed by atoms with E-state index in [0.29, 0.717) is 17.9 Å². The van der Waals surface area contributed by atoms with Crippen molar-refractivity contribution in [1.29, 1.82) is 5.26 Å². The van der Waals surface area contributed by atoms with Crippen LogP contribution in [0.4, 0.5) is 0 Å². The van der Waals surface area contributed by atoms with Crippen molar-refractivity contribution in [3.8, 4) is 11.8 Å². The van der Waals surface area contributed by atoms with Crippen LogP contribution in [0.5, 0.6) is 5.75 Å². The highest BCUT2D eigenvalue weighted by Gasteiger charge is 2.17. The van der Waals surface area contributed by atoms with Crippen molar-refractivity contribution in [2.75, 3.05) is 45.9 Å². The van der Waals surface area contributed by atoms with Gasteiger partial charge in [-0.1, -0.05) is 12.1 Å². The van der Waals surface area contributed by atoms with Crippen LogP contribution < -0.4 is 4.74 Å². The second-order valence-electron chi connectivity index (χ2n) is 5.45. The molecule has 1 saturated heterocycles. The molecule has 5 heteroatoms. The number of nitriles is 1. The lowest BCUT2D eigenvalue weighted by molar-refractivity contribution is 0.0750. The fraction of sp³-hybridized carbons (Fsp3) is 0.562. The molecule has 0 saturated carbocycles. The zero-order valence-electron chi connectivity index (χ0n) is 12.5. The molecule has 1 atom stereocenters. The average Bonchev–Trinajstić information content (AvgIpc) is 2.49. The molecule has 1 aliphatic rings. The molecule has 0 unspecified atom stereocenters. The number of ether oxygens (including phenoxy) is 1. The summed E-state index contributed by atoms with van der Waals surface area (Å²) in [5, 5.41) is 18.4. The van der Waals surface area contributed by atoms with E-state index in [0.717, 1.165) is 39.3 Å². The first-order valence-corrected chi connectivity index (χ1v) is 7.43. The van der Waals surface area contributed by atoms with Crippen LogP contribution in [0.25, 0.3) is 0 Å². The maximum Gasteiger partial charge on any atom is 0.137 e. The monoisotopic (exact) mass is 289 g/mol. The van der Waals surface area contributed by atoms with Gasteiger partial charge in [0.25, 0.3) is 0 Å². The predicted molar refractivity (Wildman–Crippen MR) is 81.2 cm³/mol. The molecule has 1 heterocycles. The lowest BCUT2D eigenvalue weighted by Gasteiger charge is -2.35. The Morgan fingerprint density at radius 1 is 1.24 bits per heavy atom. The van der Waals surface area contributed by atoms with E-state index in [1.54, 1.807) is 6.07 Å². The molecule has 0 aliphatic carbocycles. The van der Waals surface area contributed by atoms with Gasteiger partial charge in [-0.3, -0.25) is 9.80 Å². The van der Waals surface area contributed by atoms with E-state index in [2.05, 4.69) is 15.9 Å². The van der Waals surface area contributed by atoms with Crippen molar-refractivity contribution >= 4 is 0 Å². The van der Waals surface area contributed by atoms with Crippen LogP contribution in [0, 0.1) is 11.3 Å². The standard InChI is InChI=1S/C16H23N3O2/c1-14(20)13-19-8-6-18(7-9-19)10-11-21-16-5-3-2-4-15(16)12-17/h2-5,14,20H,6-11,13H2,1H3/t14-/m0/s1. The first kappa shape index (κ1) is 15.8. The number of nitrogens with zero attached hydrogens (tertiary/aromatic N) is 3. The van der Waals surface area contributed by atoms with E-state index in [-0.39, 0.29) is 6.10 Å². The SMILES string of the molecule is C[C@H](O)CN1CCN(CCOc2ccccc2C#N)CC1. The van der Waals surface area contributed by atoms with Crippen molar-refractivity contribution in [1.82, 2.24) is 9.80 Å². The summed E-state index contributed by atoms with van der Waals surface area (Å²) < 4.78 is 5.70. The van der Waals surface area contributed by atoms with Crippen LogP contribution in [-0.2, 0) is 0 Å². The summed E-state index contributed by atoms with van der Waals surface area (Å²) in [5.74, 6) is 0.660. The second kappa shape index (κ2) is 7.99. The quantitative estimate of drug-likeness (QED) is 0.844. The number of aliphatic hydroxyl groups excluding tert-OH is 1. The molecule has 0 amide bonds. The molecule has 5 nitrogen and oxygen atoms in total. The van der Waals surface area contributed by atoms with Crippen LogP contribution in [0.3, 0.4) is 0 Å². The maximum absolute atomic E-state index is 9.39.